The topological polar surface area (TPSA) is 42.2 Å². The average Bonchev–Trinajstić information content (AvgIpc) is 3.44. The minimum Gasteiger partial charge on any atom is -0.481 e. The molecule has 0 saturated heterocycles. The van der Waals surface area contributed by atoms with Crippen LogP contribution in [0.4, 0.5) is 0 Å². The van der Waals surface area contributed by atoms with Gasteiger partial charge in [0.2, 0.25) is 0 Å². The number of nitrogens with zero attached hydrogens (tertiary/aromatic N) is 1. The molecule has 156 valence electrons. The number of halogens is 2. The van der Waals surface area contributed by atoms with Gasteiger partial charge < -0.3 is 9.67 Å². The van der Waals surface area contributed by atoms with Crippen LogP contribution in [0.1, 0.15) is 60.4 Å². The predicted octanol–water partition coefficient (Wildman–Crippen LogP) is 6.84. The zero-order valence-corrected chi connectivity index (χ0v) is 18.3. The molecule has 0 radical (unpaired) electrons. The maximum atomic E-state index is 11.6. The van der Waals surface area contributed by atoms with Gasteiger partial charge in [-0.1, -0.05) is 60.3 Å². The highest BCUT2D eigenvalue weighted by molar-refractivity contribution is 6.35. The fraction of sp³-hybridized carbons (Fsp3) is 0.400. The van der Waals surface area contributed by atoms with Crippen molar-refractivity contribution in [3.8, 4) is 0 Å². The maximum Gasteiger partial charge on any atom is 0.307 e. The first kappa shape index (κ1) is 20.0. The van der Waals surface area contributed by atoms with Gasteiger partial charge in [0, 0.05) is 33.6 Å². The molecular weight excluding hydrogens is 417 g/mol. The lowest BCUT2D eigenvalue weighted by Gasteiger charge is -2.16. The molecule has 3 aromatic rings. The van der Waals surface area contributed by atoms with Crippen molar-refractivity contribution in [3.63, 3.8) is 0 Å². The lowest BCUT2D eigenvalue weighted by molar-refractivity contribution is -0.138. The minimum atomic E-state index is -0.686. The highest BCUT2D eigenvalue weighted by Crippen LogP contribution is 2.50. The molecule has 1 aromatic heterocycles. The Labute approximate surface area is 186 Å². The van der Waals surface area contributed by atoms with Crippen LogP contribution in [0.3, 0.4) is 0 Å². The van der Waals surface area contributed by atoms with E-state index in [9.17, 15) is 9.90 Å². The molecule has 3 nitrogen and oxygen atoms in total. The molecule has 5 rings (SSSR count). The number of carboxylic acid groups (broad SMARTS) is 1. The molecule has 1 saturated carbocycles. The smallest absolute Gasteiger partial charge is 0.307 e. The number of fused-ring (bicyclic) bond motifs is 3. The van der Waals surface area contributed by atoms with Gasteiger partial charge in [0.05, 0.1) is 11.4 Å². The number of rotatable bonds is 4. The summed E-state index contributed by atoms with van der Waals surface area (Å²) in [5.74, 6) is -0.846. The maximum absolute atomic E-state index is 11.6. The normalized spacial score (nSPS) is 21.1. The summed E-state index contributed by atoms with van der Waals surface area (Å²) in [6.07, 6.45) is 7.81. The highest BCUT2D eigenvalue weighted by Gasteiger charge is 2.45. The Morgan fingerprint density at radius 2 is 1.87 bits per heavy atom. The number of para-hydroxylation sites is 1. The first-order valence-corrected chi connectivity index (χ1v) is 11.6. The SMILES string of the molecule is O=C(O)C1CC1c1cccc2c3c(n(Cc4ccc(Cl)cc4Cl)c12)CCCCCC3. The molecule has 2 aliphatic rings. The van der Waals surface area contributed by atoms with Crippen LogP contribution < -0.4 is 0 Å². The van der Waals surface area contributed by atoms with Crippen LogP contribution in [-0.4, -0.2) is 15.6 Å². The molecule has 0 aliphatic heterocycles. The van der Waals surface area contributed by atoms with Crippen LogP contribution in [0.15, 0.2) is 36.4 Å². The Kier molecular flexibility index (Phi) is 5.28. The Morgan fingerprint density at radius 1 is 1.07 bits per heavy atom. The lowest BCUT2D eigenvalue weighted by atomic mass is 9.96. The molecule has 1 heterocycles. The van der Waals surface area contributed by atoms with Crippen molar-refractivity contribution in [2.24, 2.45) is 5.92 Å². The molecule has 5 heteroatoms. The number of hydrogen-bond donors (Lipinski definition) is 1. The van der Waals surface area contributed by atoms with E-state index in [1.54, 1.807) is 6.07 Å². The summed E-state index contributed by atoms with van der Waals surface area (Å²) in [5, 5.41) is 12.1. The second kappa shape index (κ2) is 7.94. The second-order valence-electron chi connectivity index (χ2n) is 8.69. The lowest BCUT2D eigenvalue weighted by Crippen LogP contribution is -2.09. The third kappa shape index (κ3) is 3.52. The monoisotopic (exact) mass is 441 g/mol. The molecule has 2 unspecified atom stereocenters. The fourth-order valence-corrected chi connectivity index (χ4v) is 5.65. The van der Waals surface area contributed by atoms with Crippen molar-refractivity contribution in [2.45, 2.75) is 57.4 Å². The number of aromatic nitrogens is 1. The van der Waals surface area contributed by atoms with Crippen molar-refractivity contribution < 1.29 is 9.90 Å². The first-order valence-electron chi connectivity index (χ1n) is 10.8. The summed E-state index contributed by atoms with van der Waals surface area (Å²) >= 11 is 12.7. The molecular formula is C25H25Cl2NO2. The summed E-state index contributed by atoms with van der Waals surface area (Å²) in [5.41, 5.74) is 6.28. The molecule has 0 spiro atoms. The third-order valence-corrected chi connectivity index (χ3v) is 7.36. The fourth-order valence-electron chi connectivity index (χ4n) is 5.18. The van der Waals surface area contributed by atoms with Gasteiger partial charge in [-0.15, -0.1) is 0 Å². The van der Waals surface area contributed by atoms with E-state index in [1.165, 1.54) is 53.4 Å². The van der Waals surface area contributed by atoms with Gasteiger partial charge >= 0.3 is 5.97 Å². The first-order chi connectivity index (χ1) is 14.5. The summed E-state index contributed by atoms with van der Waals surface area (Å²) in [4.78, 5) is 11.6. The van der Waals surface area contributed by atoms with E-state index in [0.717, 1.165) is 24.8 Å². The van der Waals surface area contributed by atoms with Crippen LogP contribution in [0, 0.1) is 5.92 Å². The van der Waals surface area contributed by atoms with Gasteiger partial charge in [0.25, 0.3) is 0 Å². The van der Waals surface area contributed by atoms with E-state index in [4.69, 9.17) is 23.2 Å². The van der Waals surface area contributed by atoms with E-state index < -0.39 is 5.97 Å². The zero-order chi connectivity index (χ0) is 20.8. The number of carboxylic acids is 1. The van der Waals surface area contributed by atoms with E-state index >= 15 is 0 Å². The highest BCUT2D eigenvalue weighted by atomic mass is 35.5. The Bertz CT molecular complexity index is 1130. The van der Waals surface area contributed by atoms with Crippen molar-refractivity contribution in [1.82, 2.24) is 4.57 Å². The van der Waals surface area contributed by atoms with Crippen LogP contribution in [-0.2, 0) is 24.2 Å². The van der Waals surface area contributed by atoms with Gasteiger partial charge in [-0.05, 0) is 60.9 Å². The zero-order valence-electron chi connectivity index (χ0n) is 16.8. The summed E-state index contributed by atoms with van der Waals surface area (Å²) in [7, 11) is 0. The summed E-state index contributed by atoms with van der Waals surface area (Å²) < 4.78 is 2.43. The van der Waals surface area contributed by atoms with Gasteiger partial charge in [-0.2, -0.15) is 0 Å². The van der Waals surface area contributed by atoms with E-state index in [2.05, 4.69) is 22.8 Å². The molecule has 30 heavy (non-hydrogen) atoms. The van der Waals surface area contributed by atoms with Crippen LogP contribution in [0.5, 0.6) is 0 Å². The van der Waals surface area contributed by atoms with Gasteiger partial charge in [-0.3, -0.25) is 4.79 Å². The molecule has 2 aliphatic carbocycles. The predicted molar refractivity (Wildman–Crippen MR) is 122 cm³/mol. The molecule has 0 bridgehead atoms. The second-order valence-corrected chi connectivity index (χ2v) is 9.54. The number of benzene rings is 2. The van der Waals surface area contributed by atoms with Crippen molar-refractivity contribution in [2.75, 3.05) is 0 Å². The van der Waals surface area contributed by atoms with Crippen LogP contribution >= 0.6 is 23.2 Å². The summed E-state index contributed by atoms with van der Waals surface area (Å²) in [6, 6.07) is 12.1. The Hall–Kier alpha value is -1.97. The molecule has 1 fully saturated rings. The van der Waals surface area contributed by atoms with E-state index in [-0.39, 0.29) is 11.8 Å². The Balaban J connectivity index is 1.70. The van der Waals surface area contributed by atoms with Crippen LogP contribution in [0.25, 0.3) is 10.9 Å². The van der Waals surface area contributed by atoms with Crippen molar-refractivity contribution >= 4 is 40.1 Å². The van der Waals surface area contributed by atoms with Gasteiger partial charge in [0.15, 0.2) is 0 Å². The van der Waals surface area contributed by atoms with Crippen LogP contribution in [0.2, 0.25) is 10.0 Å². The minimum absolute atomic E-state index is 0.103. The largest absolute Gasteiger partial charge is 0.481 e. The Morgan fingerprint density at radius 3 is 2.60 bits per heavy atom. The molecule has 1 N–H and O–H groups in total. The molecule has 2 aromatic carbocycles. The average molecular weight is 442 g/mol. The van der Waals surface area contributed by atoms with E-state index in [0.29, 0.717) is 16.6 Å². The summed E-state index contributed by atoms with van der Waals surface area (Å²) in [6.45, 7) is 0.684. The van der Waals surface area contributed by atoms with Crippen molar-refractivity contribution in [3.05, 3.63) is 68.8 Å². The van der Waals surface area contributed by atoms with Crippen molar-refractivity contribution in [1.29, 1.82) is 0 Å². The van der Waals surface area contributed by atoms with Gasteiger partial charge in [-0.25, -0.2) is 0 Å². The quantitative estimate of drug-likeness (QED) is 0.481. The molecule has 2 atom stereocenters. The standard InChI is InChI=1S/C25H25Cl2NO2/c26-16-11-10-15(22(27)12-16)14-28-23-9-4-2-1-3-6-17(23)18-7-5-8-19(24(18)28)20-13-21(20)25(29)30/h5,7-8,10-12,20-21H,1-4,6,9,13-14H2,(H,29,30). The van der Waals surface area contributed by atoms with E-state index in [1.807, 2.05) is 12.1 Å². The molecule has 0 amide bonds. The third-order valence-electron chi connectivity index (χ3n) is 6.78. The number of hydrogen-bond acceptors (Lipinski definition) is 1. The number of carbonyl (C=O) groups is 1. The number of aliphatic carboxylic acids is 1. The van der Waals surface area contributed by atoms with Gasteiger partial charge in [0.1, 0.15) is 0 Å². The number of aryl methyl sites for hydroxylation is 1.